The molecule has 2 nitrogen and oxygen atoms in total. The Kier molecular flexibility index (Phi) is 4.77. The molecule has 0 spiro atoms. The van der Waals surface area contributed by atoms with Crippen molar-refractivity contribution in [3.05, 3.63) is 58.1 Å². The molecule has 0 fully saturated rings. The summed E-state index contributed by atoms with van der Waals surface area (Å²) in [5, 5.41) is 2.98. The lowest BCUT2D eigenvalue weighted by atomic mass is 10.1. The van der Waals surface area contributed by atoms with E-state index < -0.39 is 11.7 Å². The van der Waals surface area contributed by atoms with E-state index in [1.807, 2.05) is 0 Å². The van der Waals surface area contributed by atoms with Crippen LogP contribution in [0.15, 0.2) is 46.9 Å². The first kappa shape index (κ1) is 15.7. The molecular weight excluding hydrogens is 347 g/mol. The molecule has 0 saturated heterocycles. The fourth-order valence-electron chi connectivity index (χ4n) is 1.93. The third kappa shape index (κ3) is 4.14. The summed E-state index contributed by atoms with van der Waals surface area (Å²) in [4.78, 5) is 0. The first-order chi connectivity index (χ1) is 9.90. The zero-order valence-electron chi connectivity index (χ0n) is 11.2. The summed E-state index contributed by atoms with van der Waals surface area (Å²) in [7, 11) is 1.53. The Morgan fingerprint density at radius 1 is 1.14 bits per heavy atom. The monoisotopic (exact) mass is 359 g/mol. The van der Waals surface area contributed by atoms with E-state index in [-0.39, 0.29) is 12.1 Å². The van der Waals surface area contributed by atoms with Crippen LogP contribution in [0.5, 0.6) is 5.75 Å². The Morgan fingerprint density at radius 3 is 2.52 bits per heavy atom. The van der Waals surface area contributed by atoms with Gasteiger partial charge in [-0.2, -0.15) is 13.2 Å². The number of anilines is 1. The molecule has 6 heteroatoms. The lowest BCUT2D eigenvalue weighted by Gasteiger charge is -2.14. The summed E-state index contributed by atoms with van der Waals surface area (Å²) < 4.78 is 44.6. The van der Waals surface area contributed by atoms with E-state index >= 15 is 0 Å². The number of hydrogen-bond donors (Lipinski definition) is 1. The zero-order valence-corrected chi connectivity index (χ0v) is 12.8. The molecular formula is C15H13BrF3NO. The first-order valence-corrected chi connectivity index (χ1v) is 6.93. The molecule has 21 heavy (non-hydrogen) atoms. The first-order valence-electron chi connectivity index (χ1n) is 6.13. The fourth-order valence-corrected chi connectivity index (χ4v) is 2.40. The topological polar surface area (TPSA) is 21.3 Å². The molecule has 1 N–H and O–H groups in total. The van der Waals surface area contributed by atoms with Crippen LogP contribution in [0.2, 0.25) is 0 Å². The van der Waals surface area contributed by atoms with Crippen molar-refractivity contribution in [1.82, 2.24) is 0 Å². The van der Waals surface area contributed by atoms with Crippen LogP contribution in [-0.4, -0.2) is 7.11 Å². The molecule has 0 amide bonds. The summed E-state index contributed by atoms with van der Waals surface area (Å²) in [5.41, 5.74) is 0.251. The van der Waals surface area contributed by atoms with Gasteiger partial charge >= 0.3 is 6.18 Å². The summed E-state index contributed by atoms with van der Waals surface area (Å²) in [6.45, 7) is 0.0787. The Labute approximate surface area is 129 Å². The Bertz CT molecular complexity index is 629. The van der Waals surface area contributed by atoms with Gasteiger partial charge < -0.3 is 10.1 Å². The lowest BCUT2D eigenvalue weighted by molar-refractivity contribution is -0.138. The van der Waals surface area contributed by atoms with Crippen LogP contribution < -0.4 is 10.1 Å². The summed E-state index contributed by atoms with van der Waals surface area (Å²) >= 11 is 3.33. The summed E-state index contributed by atoms with van der Waals surface area (Å²) in [6.07, 6.45) is -4.35. The van der Waals surface area contributed by atoms with Crippen molar-refractivity contribution in [2.75, 3.05) is 12.4 Å². The van der Waals surface area contributed by atoms with Crippen molar-refractivity contribution in [3.63, 3.8) is 0 Å². The van der Waals surface area contributed by atoms with E-state index in [2.05, 4.69) is 21.2 Å². The maximum atomic E-state index is 12.9. The number of hydrogen-bond acceptors (Lipinski definition) is 2. The second kappa shape index (κ2) is 6.39. The molecule has 2 rings (SSSR count). The van der Waals surface area contributed by atoms with Crippen LogP contribution in [0.25, 0.3) is 0 Å². The van der Waals surface area contributed by atoms with Gasteiger partial charge in [-0.1, -0.05) is 34.1 Å². The molecule has 0 aliphatic carbocycles. The number of methoxy groups -OCH3 is 1. The minimum absolute atomic E-state index is 0.0787. The third-order valence-corrected chi connectivity index (χ3v) is 3.37. The highest BCUT2D eigenvalue weighted by Gasteiger charge is 2.32. The summed E-state index contributed by atoms with van der Waals surface area (Å²) in [5.74, 6) is 0.621. The smallest absolute Gasteiger partial charge is 0.416 e. The van der Waals surface area contributed by atoms with Gasteiger partial charge in [0.2, 0.25) is 0 Å². The molecule has 0 aromatic heterocycles. The van der Waals surface area contributed by atoms with Crippen LogP contribution in [0.3, 0.4) is 0 Å². The van der Waals surface area contributed by atoms with Crippen molar-refractivity contribution in [2.45, 2.75) is 12.7 Å². The van der Waals surface area contributed by atoms with E-state index in [0.29, 0.717) is 11.4 Å². The minimum atomic E-state index is -4.35. The third-order valence-electron chi connectivity index (χ3n) is 2.91. The van der Waals surface area contributed by atoms with Crippen LogP contribution in [0.1, 0.15) is 11.1 Å². The molecule has 0 saturated carbocycles. The van der Waals surface area contributed by atoms with Gasteiger partial charge in [0.15, 0.2) is 0 Å². The van der Waals surface area contributed by atoms with Crippen LogP contribution in [0, 0.1) is 0 Å². The SMILES string of the molecule is COc1cc(Br)cc(NCc2ccccc2C(F)(F)F)c1. The van der Waals surface area contributed by atoms with E-state index in [1.165, 1.54) is 19.2 Å². The van der Waals surface area contributed by atoms with Crippen molar-refractivity contribution < 1.29 is 17.9 Å². The number of halogens is 4. The molecule has 0 unspecified atom stereocenters. The fraction of sp³-hybridized carbons (Fsp3) is 0.200. The Hall–Kier alpha value is -1.69. The van der Waals surface area contributed by atoms with Crippen molar-refractivity contribution >= 4 is 21.6 Å². The number of alkyl halides is 3. The molecule has 0 aliphatic heterocycles. The Morgan fingerprint density at radius 2 is 1.86 bits per heavy atom. The predicted octanol–water partition coefficient (Wildman–Crippen LogP) is 5.09. The standard InChI is InChI=1S/C15H13BrF3NO/c1-21-13-7-11(16)6-12(8-13)20-9-10-4-2-3-5-14(10)15(17,18)19/h2-8,20H,9H2,1H3. The zero-order chi connectivity index (χ0) is 15.5. The molecule has 2 aromatic carbocycles. The van der Waals surface area contributed by atoms with Gasteiger partial charge in [-0.05, 0) is 23.8 Å². The van der Waals surface area contributed by atoms with Gasteiger partial charge in [-0.3, -0.25) is 0 Å². The number of ether oxygens (including phenoxy) is 1. The number of rotatable bonds is 4. The number of benzene rings is 2. The molecule has 112 valence electrons. The largest absolute Gasteiger partial charge is 0.497 e. The van der Waals surface area contributed by atoms with Gasteiger partial charge in [0, 0.05) is 22.8 Å². The lowest BCUT2D eigenvalue weighted by Crippen LogP contribution is -2.11. The highest BCUT2D eigenvalue weighted by Crippen LogP contribution is 2.32. The van der Waals surface area contributed by atoms with Crippen molar-refractivity contribution in [2.24, 2.45) is 0 Å². The molecule has 0 radical (unpaired) electrons. The van der Waals surface area contributed by atoms with Gasteiger partial charge in [0.05, 0.1) is 12.7 Å². The molecule has 0 atom stereocenters. The van der Waals surface area contributed by atoms with Gasteiger partial charge in [0.25, 0.3) is 0 Å². The van der Waals surface area contributed by atoms with Gasteiger partial charge in [-0.25, -0.2) is 0 Å². The highest BCUT2D eigenvalue weighted by molar-refractivity contribution is 9.10. The van der Waals surface area contributed by atoms with Gasteiger partial charge in [-0.15, -0.1) is 0 Å². The average Bonchev–Trinajstić information content (AvgIpc) is 2.44. The maximum Gasteiger partial charge on any atom is 0.416 e. The van der Waals surface area contributed by atoms with E-state index in [1.54, 1.807) is 24.3 Å². The molecule has 0 aliphatic rings. The Balaban J connectivity index is 2.19. The van der Waals surface area contributed by atoms with Crippen molar-refractivity contribution in [1.29, 1.82) is 0 Å². The van der Waals surface area contributed by atoms with E-state index in [9.17, 15) is 13.2 Å². The number of nitrogens with one attached hydrogen (secondary N) is 1. The average molecular weight is 360 g/mol. The van der Waals surface area contributed by atoms with Crippen LogP contribution >= 0.6 is 15.9 Å². The molecule has 0 bridgehead atoms. The van der Waals surface area contributed by atoms with Gasteiger partial charge in [0.1, 0.15) is 5.75 Å². The van der Waals surface area contributed by atoms with E-state index in [0.717, 1.165) is 10.5 Å². The molecule has 2 aromatic rings. The second-order valence-corrected chi connectivity index (χ2v) is 5.30. The van der Waals surface area contributed by atoms with E-state index in [4.69, 9.17) is 4.74 Å². The molecule has 0 heterocycles. The maximum absolute atomic E-state index is 12.9. The van der Waals surface area contributed by atoms with Crippen molar-refractivity contribution in [3.8, 4) is 5.75 Å². The van der Waals surface area contributed by atoms with Crippen LogP contribution in [-0.2, 0) is 12.7 Å². The normalized spacial score (nSPS) is 11.3. The quantitative estimate of drug-likeness (QED) is 0.820. The minimum Gasteiger partial charge on any atom is -0.497 e. The predicted molar refractivity (Wildman–Crippen MR) is 79.5 cm³/mol. The highest BCUT2D eigenvalue weighted by atomic mass is 79.9. The summed E-state index contributed by atoms with van der Waals surface area (Å²) in [6, 6.07) is 10.8. The second-order valence-electron chi connectivity index (χ2n) is 4.39. The van der Waals surface area contributed by atoms with Crippen LogP contribution in [0.4, 0.5) is 18.9 Å².